The maximum absolute atomic E-state index is 9.52. The molecule has 4 heteroatoms. The van der Waals surface area contributed by atoms with Gasteiger partial charge in [-0.15, -0.1) is 0 Å². The highest BCUT2D eigenvalue weighted by Gasteiger charge is 2.12. The molecule has 1 aromatic carbocycles. The van der Waals surface area contributed by atoms with E-state index < -0.39 is 5.60 Å². The summed E-state index contributed by atoms with van der Waals surface area (Å²) in [5.74, 6) is 1.32. The standard InChI is InChI=1S/C12H19NO3/c1-12(2,14)6-7-16-11-5-4-9(15-3)8-10(11)13/h4-5,8,14H,6-7,13H2,1-3H3. The fourth-order valence-electron chi connectivity index (χ4n) is 1.20. The van der Waals surface area contributed by atoms with Crippen molar-refractivity contribution in [2.45, 2.75) is 25.9 Å². The molecular weight excluding hydrogens is 206 g/mol. The van der Waals surface area contributed by atoms with Gasteiger partial charge in [0.05, 0.1) is 25.0 Å². The molecule has 3 N–H and O–H groups in total. The third-order valence-corrected chi connectivity index (χ3v) is 2.19. The third kappa shape index (κ3) is 3.98. The Bertz CT molecular complexity index is 345. The van der Waals surface area contributed by atoms with E-state index in [1.54, 1.807) is 39.2 Å². The van der Waals surface area contributed by atoms with Crippen LogP contribution in [0.1, 0.15) is 20.3 Å². The fourth-order valence-corrected chi connectivity index (χ4v) is 1.20. The summed E-state index contributed by atoms with van der Waals surface area (Å²) in [6, 6.07) is 5.26. The number of aliphatic hydroxyl groups is 1. The maximum atomic E-state index is 9.52. The van der Waals surface area contributed by atoms with Crippen molar-refractivity contribution in [1.82, 2.24) is 0 Å². The average Bonchev–Trinajstić information content (AvgIpc) is 2.18. The Kier molecular flexibility index (Phi) is 4.01. The van der Waals surface area contributed by atoms with E-state index in [4.69, 9.17) is 15.2 Å². The first-order valence-electron chi connectivity index (χ1n) is 5.21. The van der Waals surface area contributed by atoms with E-state index in [2.05, 4.69) is 0 Å². The van der Waals surface area contributed by atoms with E-state index in [1.165, 1.54) is 0 Å². The Morgan fingerprint density at radius 1 is 1.38 bits per heavy atom. The number of rotatable bonds is 5. The van der Waals surface area contributed by atoms with Crippen LogP contribution in [0.2, 0.25) is 0 Å². The number of benzene rings is 1. The Morgan fingerprint density at radius 3 is 2.56 bits per heavy atom. The second kappa shape index (κ2) is 5.07. The number of hydrogen-bond donors (Lipinski definition) is 2. The molecule has 0 unspecified atom stereocenters. The first-order chi connectivity index (χ1) is 7.42. The Morgan fingerprint density at radius 2 is 2.06 bits per heavy atom. The summed E-state index contributed by atoms with van der Waals surface area (Å²) >= 11 is 0. The molecule has 16 heavy (non-hydrogen) atoms. The lowest BCUT2D eigenvalue weighted by Gasteiger charge is -2.17. The second-order valence-corrected chi connectivity index (χ2v) is 4.31. The molecule has 0 aliphatic heterocycles. The zero-order valence-corrected chi connectivity index (χ0v) is 9.99. The molecule has 0 aliphatic carbocycles. The van der Waals surface area contributed by atoms with E-state index in [-0.39, 0.29) is 0 Å². The molecule has 0 heterocycles. The molecule has 4 nitrogen and oxygen atoms in total. The van der Waals surface area contributed by atoms with Gasteiger partial charge in [0.25, 0.3) is 0 Å². The fraction of sp³-hybridized carbons (Fsp3) is 0.500. The van der Waals surface area contributed by atoms with Crippen LogP contribution in [0.5, 0.6) is 11.5 Å². The predicted octanol–water partition coefficient (Wildman–Crippen LogP) is 1.82. The van der Waals surface area contributed by atoms with Crippen LogP contribution in [0.3, 0.4) is 0 Å². The van der Waals surface area contributed by atoms with Gasteiger partial charge in [0.15, 0.2) is 0 Å². The van der Waals surface area contributed by atoms with Crippen molar-refractivity contribution < 1.29 is 14.6 Å². The topological polar surface area (TPSA) is 64.7 Å². The average molecular weight is 225 g/mol. The summed E-state index contributed by atoms with van der Waals surface area (Å²) in [5, 5.41) is 9.52. The minimum absolute atomic E-state index is 0.431. The molecular formula is C12H19NO3. The van der Waals surface area contributed by atoms with Crippen LogP contribution < -0.4 is 15.2 Å². The second-order valence-electron chi connectivity index (χ2n) is 4.31. The minimum atomic E-state index is -0.721. The molecule has 0 bridgehead atoms. The third-order valence-electron chi connectivity index (χ3n) is 2.19. The van der Waals surface area contributed by atoms with Gasteiger partial charge in [-0.3, -0.25) is 0 Å². The number of methoxy groups -OCH3 is 1. The van der Waals surface area contributed by atoms with E-state index in [1.807, 2.05) is 0 Å². The molecule has 0 saturated heterocycles. The lowest BCUT2D eigenvalue weighted by atomic mass is 10.1. The molecule has 0 spiro atoms. The van der Waals surface area contributed by atoms with Crippen LogP contribution >= 0.6 is 0 Å². The van der Waals surface area contributed by atoms with Gasteiger partial charge in [-0.2, -0.15) is 0 Å². The van der Waals surface area contributed by atoms with Gasteiger partial charge in [-0.25, -0.2) is 0 Å². The number of nitrogen functional groups attached to an aromatic ring is 1. The molecule has 0 aromatic heterocycles. The summed E-state index contributed by atoms with van der Waals surface area (Å²) in [6.45, 7) is 3.92. The first kappa shape index (κ1) is 12.6. The highest BCUT2D eigenvalue weighted by Crippen LogP contribution is 2.26. The highest BCUT2D eigenvalue weighted by molar-refractivity contribution is 5.56. The predicted molar refractivity (Wildman–Crippen MR) is 63.8 cm³/mol. The summed E-state index contributed by atoms with van der Waals surface area (Å²) in [7, 11) is 1.59. The molecule has 0 amide bonds. The quantitative estimate of drug-likeness (QED) is 0.750. The summed E-state index contributed by atoms with van der Waals surface area (Å²) in [6.07, 6.45) is 0.554. The lowest BCUT2D eigenvalue weighted by Crippen LogP contribution is -2.21. The normalized spacial score (nSPS) is 11.2. The lowest BCUT2D eigenvalue weighted by molar-refractivity contribution is 0.0554. The van der Waals surface area contributed by atoms with Crippen molar-refractivity contribution in [1.29, 1.82) is 0 Å². The first-order valence-corrected chi connectivity index (χ1v) is 5.21. The minimum Gasteiger partial charge on any atom is -0.497 e. The van der Waals surface area contributed by atoms with Gasteiger partial charge in [-0.05, 0) is 26.0 Å². The van der Waals surface area contributed by atoms with E-state index in [9.17, 15) is 5.11 Å². The number of hydrogen-bond acceptors (Lipinski definition) is 4. The Labute approximate surface area is 96.0 Å². The van der Waals surface area contributed by atoms with Gasteiger partial charge in [0, 0.05) is 12.5 Å². The van der Waals surface area contributed by atoms with Crippen LogP contribution in [-0.2, 0) is 0 Å². The molecule has 0 fully saturated rings. The summed E-state index contributed by atoms with van der Waals surface area (Å²) in [5.41, 5.74) is 5.60. The van der Waals surface area contributed by atoms with Gasteiger partial charge >= 0.3 is 0 Å². The zero-order valence-electron chi connectivity index (χ0n) is 9.99. The highest BCUT2D eigenvalue weighted by atomic mass is 16.5. The molecule has 1 rings (SSSR count). The van der Waals surface area contributed by atoms with Crippen LogP contribution in [0.25, 0.3) is 0 Å². The molecule has 0 saturated carbocycles. The molecule has 1 aromatic rings. The summed E-state index contributed by atoms with van der Waals surface area (Å²) < 4.78 is 10.5. The zero-order chi connectivity index (χ0) is 12.2. The largest absolute Gasteiger partial charge is 0.497 e. The van der Waals surface area contributed by atoms with Gasteiger partial charge in [0.2, 0.25) is 0 Å². The smallest absolute Gasteiger partial charge is 0.142 e. The van der Waals surface area contributed by atoms with E-state index in [0.717, 1.165) is 0 Å². The monoisotopic (exact) mass is 225 g/mol. The molecule has 0 radical (unpaired) electrons. The van der Waals surface area contributed by atoms with Crippen molar-refractivity contribution in [3.05, 3.63) is 18.2 Å². The molecule has 0 atom stereocenters. The van der Waals surface area contributed by atoms with Crippen molar-refractivity contribution in [3.8, 4) is 11.5 Å². The van der Waals surface area contributed by atoms with Crippen molar-refractivity contribution in [2.75, 3.05) is 19.5 Å². The van der Waals surface area contributed by atoms with Crippen molar-refractivity contribution in [2.24, 2.45) is 0 Å². The van der Waals surface area contributed by atoms with Crippen LogP contribution in [0.4, 0.5) is 5.69 Å². The van der Waals surface area contributed by atoms with Crippen LogP contribution in [0.15, 0.2) is 18.2 Å². The Balaban J connectivity index is 2.55. The molecule has 0 aliphatic rings. The van der Waals surface area contributed by atoms with Gasteiger partial charge in [-0.1, -0.05) is 0 Å². The number of nitrogens with two attached hydrogens (primary N) is 1. The van der Waals surface area contributed by atoms with Crippen molar-refractivity contribution in [3.63, 3.8) is 0 Å². The number of anilines is 1. The maximum Gasteiger partial charge on any atom is 0.142 e. The SMILES string of the molecule is COc1ccc(OCCC(C)(C)O)c(N)c1. The van der Waals surface area contributed by atoms with Gasteiger partial charge < -0.3 is 20.3 Å². The number of ether oxygens (including phenoxy) is 2. The Hall–Kier alpha value is -1.42. The van der Waals surface area contributed by atoms with E-state index >= 15 is 0 Å². The summed E-state index contributed by atoms with van der Waals surface area (Å²) in [4.78, 5) is 0. The van der Waals surface area contributed by atoms with E-state index in [0.29, 0.717) is 30.2 Å². The van der Waals surface area contributed by atoms with Crippen LogP contribution in [-0.4, -0.2) is 24.4 Å². The molecule has 90 valence electrons. The van der Waals surface area contributed by atoms with Gasteiger partial charge in [0.1, 0.15) is 11.5 Å². The van der Waals surface area contributed by atoms with Crippen molar-refractivity contribution >= 4 is 5.69 Å². The van der Waals surface area contributed by atoms with Crippen LogP contribution in [0, 0.1) is 0 Å².